The predicted molar refractivity (Wildman–Crippen MR) is 68.0 cm³/mol. The molecule has 0 radical (unpaired) electrons. The summed E-state index contributed by atoms with van der Waals surface area (Å²) in [4.78, 5) is 24.7. The molecule has 0 spiro atoms. The van der Waals surface area contributed by atoms with E-state index in [1.807, 2.05) is 30.3 Å². The van der Waals surface area contributed by atoms with Gasteiger partial charge in [0.2, 0.25) is 0 Å². The number of thioether (sulfide) groups is 1. The summed E-state index contributed by atoms with van der Waals surface area (Å²) in [5.74, 6) is -0.151. The molecule has 4 rings (SSSR count). The minimum absolute atomic E-state index is 0.151. The van der Waals surface area contributed by atoms with Gasteiger partial charge in [-0.15, -0.1) is 0 Å². The minimum Gasteiger partial charge on any atom is -0.469 e. The Morgan fingerprint density at radius 1 is 1.11 bits per heavy atom. The van der Waals surface area contributed by atoms with Gasteiger partial charge >= 0.3 is 5.97 Å². The van der Waals surface area contributed by atoms with Gasteiger partial charge in [-0.2, -0.15) is 0 Å². The number of ether oxygens (including phenoxy) is 1. The normalized spacial score (nSPS) is 32.1. The molecule has 3 aliphatic carbocycles. The van der Waals surface area contributed by atoms with Crippen LogP contribution in [0.4, 0.5) is 0 Å². The van der Waals surface area contributed by atoms with Crippen LogP contribution in [-0.2, 0) is 14.3 Å². The predicted octanol–water partition coefficient (Wildman–Crippen LogP) is 2.65. The molecule has 0 aliphatic heterocycles. The van der Waals surface area contributed by atoms with E-state index in [1.165, 1.54) is 18.9 Å². The van der Waals surface area contributed by atoms with Crippen molar-refractivity contribution in [2.24, 2.45) is 10.8 Å². The third kappa shape index (κ3) is 1.52. The number of hydrogen-bond acceptors (Lipinski definition) is 4. The first-order valence-electron chi connectivity index (χ1n) is 5.96. The maximum Gasteiger partial charge on any atom is 0.311 e. The average molecular weight is 262 g/mol. The summed E-state index contributed by atoms with van der Waals surface area (Å²) in [6.07, 6.45) is 2.02. The van der Waals surface area contributed by atoms with E-state index in [2.05, 4.69) is 0 Å². The van der Waals surface area contributed by atoms with Crippen molar-refractivity contribution in [2.75, 3.05) is 7.11 Å². The molecule has 0 unspecified atom stereocenters. The Labute approximate surface area is 110 Å². The summed E-state index contributed by atoms with van der Waals surface area (Å²) >= 11 is 1.29. The minimum atomic E-state index is -0.332. The molecule has 0 aromatic heterocycles. The molecular weight excluding hydrogens is 248 g/mol. The van der Waals surface area contributed by atoms with Crippen molar-refractivity contribution in [3.63, 3.8) is 0 Å². The van der Waals surface area contributed by atoms with Crippen LogP contribution in [0.3, 0.4) is 0 Å². The maximum absolute atomic E-state index is 12.2. The monoisotopic (exact) mass is 262 g/mol. The van der Waals surface area contributed by atoms with Crippen molar-refractivity contribution in [3.05, 3.63) is 30.3 Å². The molecule has 3 aliphatic rings. The van der Waals surface area contributed by atoms with Gasteiger partial charge in [-0.05, 0) is 31.4 Å². The molecule has 0 N–H and O–H groups in total. The fourth-order valence-corrected chi connectivity index (χ4v) is 4.08. The van der Waals surface area contributed by atoms with Gasteiger partial charge in [0.05, 0.1) is 12.5 Å². The second-order valence-corrected chi connectivity index (χ2v) is 6.33. The summed E-state index contributed by atoms with van der Waals surface area (Å²) in [7, 11) is 1.41. The molecule has 3 nitrogen and oxygen atoms in total. The molecule has 3 fully saturated rings. The first-order valence-corrected chi connectivity index (χ1v) is 6.78. The summed E-state index contributed by atoms with van der Waals surface area (Å²) in [5.41, 5.74) is -0.587. The van der Waals surface area contributed by atoms with Gasteiger partial charge in [0.25, 0.3) is 0 Å². The number of rotatable bonds is 3. The molecule has 18 heavy (non-hydrogen) atoms. The van der Waals surface area contributed by atoms with Crippen LogP contribution >= 0.6 is 11.8 Å². The van der Waals surface area contributed by atoms with Crippen LogP contribution in [0.15, 0.2) is 35.2 Å². The van der Waals surface area contributed by atoms with Gasteiger partial charge in [0.1, 0.15) is 0 Å². The van der Waals surface area contributed by atoms with Crippen molar-refractivity contribution in [2.45, 2.75) is 24.2 Å². The third-order valence-electron chi connectivity index (χ3n) is 4.04. The van der Waals surface area contributed by atoms with Crippen molar-refractivity contribution in [1.29, 1.82) is 0 Å². The zero-order chi connectivity index (χ0) is 12.8. The van der Waals surface area contributed by atoms with Gasteiger partial charge in [-0.25, -0.2) is 0 Å². The Morgan fingerprint density at radius 3 is 2.28 bits per heavy atom. The number of carbonyl (C=O) groups is 2. The average Bonchev–Trinajstić information content (AvgIpc) is 2.26. The van der Waals surface area contributed by atoms with Crippen LogP contribution in [0.1, 0.15) is 19.3 Å². The van der Waals surface area contributed by atoms with Crippen LogP contribution in [0.2, 0.25) is 0 Å². The van der Waals surface area contributed by atoms with Crippen LogP contribution < -0.4 is 0 Å². The van der Waals surface area contributed by atoms with Crippen LogP contribution in [0.5, 0.6) is 0 Å². The fourth-order valence-electron chi connectivity index (χ4n) is 3.14. The molecule has 1 aromatic rings. The van der Waals surface area contributed by atoms with Gasteiger partial charge in [0.15, 0.2) is 5.12 Å². The molecule has 1 aromatic carbocycles. The number of hydrogen-bond donors (Lipinski definition) is 0. The zero-order valence-corrected chi connectivity index (χ0v) is 11.0. The van der Waals surface area contributed by atoms with Gasteiger partial charge in [0, 0.05) is 10.3 Å². The topological polar surface area (TPSA) is 43.4 Å². The largest absolute Gasteiger partial charge is 0.469 e. The molecular formula is C14H14O3S. The first kappa shape index (κ1) is 11.8. The lowest BCUT2D eigenvalue weighted by molar-refractivity contribution is -0.217. The highest BCUT2D eigenvalue weighted by molar-refractivity contribution is 8.13. The quantitative estimate of drug-likeness (QED) is 0.620. The van der Waals surface area contributed by atoms with E-state index in [0.717, 1.165) is 4.90 Å². The molecule has 0 saturated heterocycles. The van der Waals surface area contributed by atoms with Crippen LogP contribution in [0, 0.1) is 10.8 Å². The lowest BCUT2D eigenvalue weighted by Crippen LogP contribution is -2.68. The van der Waals surface area contributed by atoms with Crippen LogP contribution in [-0.4, -0.2) is 18.2 Å². The first-order chi connectivity index (χ1) is 8.60. The van der Waals surface area contributed by atoms with E-state index in [0.29, 0.717) is 19.3 Å². The Bertz CT molecular complexity index is 489. The lowest BCUT2D eigenvalue weighted by Gasteiger charge is -2.66. The second-order valence-electron chi connectivity index (χ2n) is 5.29. The number of methoxy groups -OCH3 is 1. The molecule has 0 heterocycles. The maximum atomic E-state index is 12.2. The van der Waals surface area contributed by atoms with E-state index in [-0.39, 0.29) is 21.9 Å². The van der Waals surface area contributed by atoms with Crippen molar-refractivity contribution in [3.8, 4) is 0 Å². The van der Waals surface area contributed by atoms with Crippen LogP contribution in [0.25, 0.3) is 0 Å². The summed E-state index contributed by atoms with van der Waals surface area (Å²) in [6.45, 7) is 0. The lowest BCUT2D eigenvalue weighted by atomic mass is 9.35. The molecule has 4 heteroatoms. The number of benzene rings is 1. The SMILES string of the molecule is COC(=O)C12CC(C(=O)Sc3ccccc3)(C1)C2. The molecule has 0 amide bonds. The highest BCUT2D eigenvalue weighted by atomic mass is 32.2. The van der Waals surface area contributed by atoms with E-state index < -0.39 is 0 Å². The van der Waals surface area contributed by atoms with Crippen molar-refractivity contribution >= 4 is 22.8 Å². The van der Waals surface area contributed by atoms with E-state index in [4.69, 9.17) is 4.74 Å². The zero-order valence-electron chi connectivity index (χ0n) is 10.1. The van der Waals surface area contributed by atoms with Crippen molar-refractivity contribution in [1.82, 2.24) is 0 Å². The number of carbonyl (C=O) groups excluding carboxylic acids is 2. The number of esters is 1. The molecule has 0 atom stereocenters. The smallest absolute Gasteiger partial charge is 0.311 e. The third-order valence-corrected chi connectivity index (χ3v) is 5.16. The highest BCUT2D eigenvalue weighted by Gasteiger charge is 2.75. The Balaban J connectivity index is 1.63. The Hall–Kier alpha value is -1.29. The fraction of sp³-hybridized carbons (Fsp3) is 0.429. The Kier molecular flexibility index (Phi) is 2.52. The van der Waals surface area contributed by atoms with E-state index >= 15 is 0 Å². The van der Waals surface area contributed by atoms with Gasteiger partial charge in [-0.3, -0.25) is 9.59 Å². The van der Waals surface area contributed by atoms with Gasteiger partial charge < -0.3 is 4.74 Å². The summed E-state index contributed by atoms with van der Waals surface area (Å²) in [6, 6.07) is 9.65. The summed E-state index contributed by atoms with van der Waals surface area (Å²) in [5, 5.41) is 0.194. The summed E-state index contributed by atoms with van der Waals surface area (Å²) < 4.78 is 4.78. The molecule has 94 valence electrons. The van der Waals surface area contributed by atoms with Gasteiger partial charge in [-0.1, -0.05) is 30.0 Å². The molecule has 2 bridgehead atoms. The van der Waals surface area contributed by atoms with Crippen molar-refractivity contribution < 1.29 is 14.3 Å². The highest BCUT2D eigenvalue weighted by Crippen LogP contribution is 2.75. The molecule has 3 saturated carbocycles. The van der Waals surface area contributed by atoms with E-state index in [9.17, 15) is 9.59 Å². The standard InChI is InChI=1S/C14H14O3S/c1-17-11(15)13-7-14(8-13,9-13)12(16)18-10-5-3-2-4-6-10/h2-6H,7-9H2,1H3. The van der Waals surface area contributed by atoms with E-state index in [1.54, 1.807) is 0 Å². The Morgan fingerprint density at radius 2 is 1.72 bits per heavy atom. The second kappa shape index (κ2) is 3.85.